The molecule has 1 aliphatic heterocycles. The first-order valence-electron chi connectivity index (χ1n) is 7.24. The maximum absolute atomic E-state index is 11.1. The predicted octanol–water partition coefficient (Wildman–Crippen LogP) is 0.584. The number of methoxy groups -OCH3 is 1. The van der Waals surface area contributed by atoms with Gasteiger partial charge in [0.2, 0.25) is 0 Å². The number of ether oxygens (including phenoxy) is 1. The molecule has 0 radical (unpaired) electrons. The Morgan fingerprint density at radius 2 is 2.00 bits per heavy atom. The molecule has 0 N–H and O–H groups in total. The quantitative estimate of drug-likeness (QED) is 0.714. The summed E-state index contributed by atoms with van der Waals surface area (Å²) in [4.78, 5) is 20.3. The van der Waals surface area contributed by atoms with Gasteiger partial charge >= 0.3 is 5.97 Å². The van der Waals surface area contributed by atoms with E-state index in [2.05, 4.69) is 31.0 Å². The van der Waals surface area contributed by atoms with Crippen molar-refractivity contribution in [2.75, 3.05) is 39.8 Å². The van der Waals surface area contributed by atoms with E-state index in [1.807, 2.05) is 12.4 Å². The highest BCUT2D eigenvalue weighted by Crippen LogP contribution is 2.08. The second-order valence-electron chi connectivity index (χ2n) is 5.07. The molecule has 0 unspecified atom stereocenters. The van der Waals surface area contributed by atoms with Crippen LogP contribution in [0.1, 0.15) is 19.2 Å². The largest absolute Gasteiger partial charge is 0.469 e. The molecule has 2 heterocycles. The fourth-order valence-corrected chi connectivity index (χ4v) is 2.50. The zero-order valence-corrected chi connectivity index (χ0v) is 12.4. The maximum Gasteiger partial charge on any atom is 0.306 e. The molecule has 1 fully saturated rings. The molecule has 1 aromatic heterocycles. The number of hydrogen-bond donors (Lipinski definition) is 0. The number of hydrogen-bond acceptors (Lipinski definition) is 5. The van der Waals surface area contributed by atoms with Crippen molar-refractivity contribution < 1.29 is 9.53 Å². The van der Waals surface area contributed by atoms with Gasteiger partial charge in [0.05, 0.1) is 20.1 Å². The minimum atomic E-state index is -0.127. The lowest BCUT2D eigenvalue weighted by molar-refractivity contribution is -0.141. The van der Waals surface area contributed by atoms with E-state index in [0.29, 0.717) is 6.42 Å². The number of esters is 1. The number of carbonyl (C=O) groups is 1. The third-order valence-corrected chi connectivity index (χ3v) is 3.83. The van der Waals surface area contributed by atoms with Gasteiger partial charge in [-0.3, -0.25) is 9.69 Å². The molecule has 1 aromatic rings. The van der Waals surface area contributed by atoms with Crippen LogP contribution in [0.2, 0.25) is 0 Å². The number of imidazole rings is 1. The summed E-state index contributed by atoms with van der Waals surface area (Å²) in [5, 5.41) is 0. The van der Waals surface area contributed by atoms with Crippen LogP contribution in [-0.4, -0.2) is 65.2 Å². The Balaban J connectivity index is 1.73. The van der Waals surface area contributed by atoms with Crippen LogP contribution >= 0.6 is 0 Å². The molecule has 0 aromatic carbocycles. The van der Waals surface area contributed by atoms with E-state index in [9.17, 15) is 4.79 Å². The van der Waals surface area contributed by atoms with Crippen LogP contribution in [-0.2, 0) is 22.6 Å². The SMILES string of the molecule is CCn1ccnc1CN1CCN(CCC(=O)OC)CC1. The highest BCUT2D eigenvalue weighted by atomic mass is 16.5. The normalized spacial score (nSPS) is 17.3. The van der Waals surface area contributed by atoms with E-state index in [1.54, 1.807) is 0 Å². The average Bonchev–Trinajstić information content (AvgIpc) is 2.93. The molecule has 0 amide bonds. The zero-order valence-electron chi connectivity index (χ0n) is 12.4. The number of carbonyl (C=O) groups excluding carboxylic acids is 1. The van der Waals surface area contributed by atoms with E-state index in [1.165, 1.54) is 7.11 Å². The van der Waals surface area contributed by atoms with E-state index < -0.39 is 0 Å². The van der Waals surface area contributed by atoms with Crippen molar-refractivity contribution in [1.82, 2.24) is 19.4 Å². The van der Waals surface area contributed by atoms with Crippen LogP contribution < -0.4 is 0 Å². The lowest BCUT2D eigenvalue weighted by Crippen LogP contribution is -2.46. The Hall–Kier alpha value is -1.40. The summed E-state index contributed by atoms with van der Waals surface area (Å²) in [6, 6.07) is 0. The smallest absolute Gasteiger partial charge is 0.306 e. The number of aryl methyl sites for hydroxylation is 1. The van der Waals surface area contributed by atoms with Crippen molar-refractivity contribution in [3.63, 3.8) is 0 Å². The third-order valence-electron chi connectivity index (χ3n) is 3.83. The van der Waals surface area contributed by atoms with Crippen molar-refractivity contribution in [3.8, 4) is 0 Å². The molecule has 0 saturated carbocycles. The van der Waals surface area contributed by atoms with Gasteiger partial charge in [-0.1, -0.05) is 0 Å². The van der Waals surface area contributed by atoms with Crippen molar-refractivity contribution in [3.05, 3.63) is 18.2 Å². The van der Waals surface area contributed by atoms with E-state index in [0.717, 1.165) is 51.6 Å². The Kier molecular flexibility index (Phi) is 5.55. The van der Waals surface area contributed by atoms with Crippen LogP contribution in [0.3, 0.4) is 0 Å². The highest BCUT2D eigenvalue weighted by Gasteiger charge is 2.18. The summed E-state index contributed by atoms with van der Waals surface area (Å²) in [7, 11) is 1.44. The zero-order chi connectivity index (χ0) is 14.4. The van der Waals surface area contributed by atoms with Crippen molar-refractivity contribution in [1.29, 1.82) is 0 Å². The number of piperazine rings is 1. The van der Waals surface area contributed by atoms with Crippen LogP contribution in [0, 0.1) is 0 Å². The number of rotatable bonds is 6. The fraction of sp³-hybridized carbons (Fsp3) is 0.714. The average molecular weight is 280 g/mol. The van der Waals surface area contributed by atoms with Gasteiger partial charge in [-0.05, 0) is 6.92 Å². The first-order valence-corrected chi connectivity index (χ1v) is 7.24. The van der Waals surface area contributed by atoms with Gasteiger partial charge in [0.25, 0.3) is 0 Å². The van der Waals surface area contributed by atoms with Crippen molar-refractivity contribution in [2.24, 2.45) is 0 Å². The van der Waals surface area contributed by atoms with Gasteiger partial charge in [-0.15, -0.1) is 0 Å². The van der Waals surface area contributed by atoms with Gasteiger partial charge in [0, 0.05) is 51.7 Å². The summed E-state index contributed by atoms with van der Waals surface area (Å²) >= 11 is 0. The van der Waals surface area contributed by atoms with E-state index in [-0.39, 0.29) is 5.97 Å². The molecular formula is C14H24N4O2. The Morgan fingerprint density at radius 1 is 1.30 bits per heavy atom. The predicted molar refractivity (Wildman–Crippen MR) is 76.3 cm³/mol. The minimum absolute atomic E-state index is 0.127. The topological polar surface area (TPSA) is 50.6 Å². The molecule has 0 atom stereocenters. The van der Waals surface area contributed by atoms with Gasteiger partial charge < -0.3 is 14.2 Å². The molecule has 0 spiro atoms. The highest BCUT2D eigenvalue weighted by molar-refractivity contribution is 5.69. The van der Waals surface area contributed by atoms with E-state index >= 15 is 0 Å². The molecule has 20 heavy (non-hydrogen) atoms. The monoisotopic (exact) mass is 280 g/mol. The fourth-order valence-electron chi connectivity index (χ4n) is 2.50. The van der Waals surface area contributed by atoms with Gasteiger partial charge in [0.15, 0.2) is 0 Å². The maximum atomic E-state index is 11.1. The summed E-state index contributed by atoms with van der Waals surface area (Å²) in [5.74, 6) is 1.01. The van der Waals surface area contributed by atoms with Crippen LogP contribution in [0.25, 0.3) is 0 Å². The van der Waals surface area contributed by atoms with Crippen LogP contribution in [0.4, 0.5) is 0 Å². The molecule has 6 heteroatoms. The van der Waals surface area contributed by atoms with Gasteiger partial charge in [-0.2, -0.15) is 0 Å². The first-order chi connectivity index (χ1) is 9.72. The Bertz CT molecular complexity index is 425. The third kappa shape index (κ3) is 4.05. The summed E-state index contributed by atoms with van der Waals surface area (Å²) in [6.45, 7) is 8.86. The van der Waals surface area contributed by atoms with Crippen molar-refractivity contribution >= 4 is 5.97 Å². The molecule has 0 bridgehead atoms. The molecule has 2 rings (SSSR count). The first kappa shape index (κ1) is 15.0. The van der Waals surface area contributed by atoms with Crippen LogP contribution in [0.5, 0.6) is 0 Å². The van der Waals surface area contributed by atoms with Crippen molar-refractivity contribution in [2.45, 2.75) is 26.4 Å². The molecule has 6 nitrogen and oxygen atoms in total. The Labute approximate surface area is 120 Å². The van der Waals surface area contributed by atoms with Gasteiger partial charge in [-0.25, -0.2) is 4.98 Å². The summed E-state index contributed by atoms with van der Waals surface area (Å²) < 4.78 is 6.86. The van der Waals surface area contributed by atoms with Gasteiger partial charge in [0.1, 0.15) is 5.82 Å². The number of nitrogens with zero attached hydrogens (tertiary/aromatic N) is 4. The standard InChI is InChI=1S/C14H24N4O2/c1-3-18-7-5-15-13(18)12-17-10-8-16(9-11-17)6-4-14(19)20-2/h5,7H,3-4,6,8-12H2,1-2H3. The Morgan fingerprint density at radius 3 is 2.65 bits per heavy atom. The number of aromatic nitrogens is 2. The molecule has 1 aliphatic rings. The molecule has 112 valence electrons. The minimum Gasteiger partial charge on any atom is -0.469 e. The van der Waals surface area contributed by atoms with E-state index in [4.69, 9.17) is 0 Å². The second-order valence-corrected chi connectivity index (χ2v) is 5.07. The lowest BCUT2D eigenvalue weighted by Gasteiger charge is -2.34. The summed E-state index contributed by atoms with van der Waals surface area (Å²) in [6.07, 6.45) is 4.38. The molecule has 1 saturated heterocycles. The molecule has 0 aliphatic carbocycles. The second kappa shape index (κ2) is 7.40. The lowest BCUT2D eigenvalue weighted by atomic mass is 10.3. The molecular weight excluding hydrogens is 256 g/mol. The summed E-state index contributed by atoms with van der Waals surface area (Å²) in [5.41, 5.74) is 0. The van der Waals surface area contributed by atoms with Crippen LogP contribution in [0.15, 0.2) is 12.4 Å².